The first-order chi connectivity index (χ1) is 10.7. The fourth-order valence-electron chi connectivity index (χ4n) is 2.88. The molecule has 0 N–H and O–H groups in total. The molecule has 2 aromatic rings. The van der Waals surface area contributed by atoms with Crippen molar-refractivity contribution in [2.45, 2.75) is 45.6 Å². The van der Waals surface area contributed by atoms with Crippen LogP contribution in [0.15, 0.2) is 12.7 Å². The van der Waals surface area contributed by atoms with Gasteiger partial charge in [0.25, 0.3) is 5.91 Å². The lowest BCUT2D eigenvalue weighted by Gasteiger charge is -2.32. The first kappa shape index (κ1) is 15.1. The van der Waals surface area contributed by atoms with Crippen LogP contribution >= 0.6 is 11.3 Å². The lowest BCUT2D eigenvalue weighted by molar-refractivity contribution is 0.0676. The maximum atomic E-state index is 12.8. The van der Waals surface area contributed by atoms with Gasteiger partial charge in [0, 0.05) is 13.1 Å². The molecule has 0 aliphatic carbocycles. The largest absolute Gasteiger partial charge is 0.336 e. The Kier molecular flexibility index (Phi) is 4.52. The number of amides is 1. The summed E-state index contributed by atoms with van der Waals surface area (Å²) in [7, 11) is 0. The second kappa shape index (κ2) is 6.56. The quantitative estimate of drug-likeness (QED) is 0.868. The number of carbonyl (C=O) groups excluding carboxylic acids is 1. The molecular weight excluding hydrogens is 298 g/mol. The van der Waals surface area contributed by atoms with E-state index in [4.69, 9.17) is 0 Å². The Labute approximate surface area is 134 Å². The molecule has 0 spiro atoms. The summed E-state index contributed by atoms with van der Waals surface area (Å²) < 4.78 is 1.86. The van der Waals surface area contributed by atoms with Crippen molar-refractivity contribution in [3.63, 3.8) is 0 Å². The molecule has 22 heavy (non-hydrogen) atoms. The van der Waals surface area contributed by atoms with Crippen molar-refractivity contribution in [2.75, 3.05) is 13.1 Å². The van der Waals surface area contributed by atoms with Crippen molar-refractivity contribution >= 4 is 17.2 Å². The highest BCUT2D eigenvalue weighted by atomic mass is 32.1. The SMILES string of the molecule is CCCc1nc(C)c(C(=O)N2CCC[C@@H](n3cncn3)C2)s1. The van der Waals surface area contributed by atoms with Crippen LogP contribution in [-0.2, 0) is 6.42 Å². The molecule has 7 heteroatoms. The third kappa shape index (κ3) is 3.04. The van der Waals surface area contributed by atoms with Crippen molar-refractivity contribution in [3.05, 3.63) is 28.2 Å². The number of nitrogens with zero attached hydrogens (tertiary/aromatic N) is 5. The molecule has 0 radical (unpaired) electrons. The topological polar surface area (TPSA) is 63.9 Å². The van der Waals surface area contributed by atoms with Gasteiger partial charge in [-0.05, 0) is 32.6 Å². The van der Waals surface area contributed by atoms with Gasteiger partial charge in [0.05, 0.1) is 16.7 Å². The van der Waals surface area contributed by atoms with Gasteiger partial charge in [0.2, 0.25) is 0 Å². The summed E-state index contributed by atoms with van der Waals surface area (Å²) in [5.74, 6) is 0.113. The molecule has 3 rings (SSSR count). The average molecular weight is 319 g/mol. The Bertz CT molecular complexity index is 636. The van der Waals surface area contributed by atoms with E-state index in [-0.39, 0.29) is 11.9 Å². The monoisotopic (exact) mass is 319 g/mol. The molecule has 1 amide bonds. The first-order valence-electron chi connectivity index (χ1n) is 7.78. The maximum Gasteiger partial charge on any atom is 0.265 e. The molecule has 1 fully saturated rings. The van der Waals surface area contributed by atoms with Gasteiger partial charge >= 0.3 is 0 Å². The lowest BCUT2D eigenvalue weighted by atomic mass is 10.1. The summed E-state index contributed by atoms with van der Waals surface area (Å²) in [5.41, 5.74) is 0.862. The van der Waals surface area contributed by atoms with E-state index in [2.05, 4.69) is 22.0 Å². The molecule has 1 atom stereocenters. The summed E-state index contributed by atoms with van der Waals surface area (Å²) in [6, 6.07) is 0.225. The zero-order valence-corrected chi connectivity index (χ0v) is 13.8. The molecule has 118 valence electrons. The molecule has 1 saturated heterocycles. The van der Waals surface area contributed by atoms with Crippen molar-refractivity contribution in [3.8, 4) is 0 Å². The van der Waals surface area contributed by atoms with Crippen LogP contribution in [-0.4, -0.2) is 43.6 Å². The highest BCUT2D eigenvalue weighted by Crippen LogP contribution is 2.26. The van der Waals surface area contributed by atoms with Crippen LogP contribution in [0.4, 0.5) is 0 Å². The number of thiazole rings is 1. The minimum atomic E-state index is 0.113. The van der Waals surface area contributed by atoms with Gasteiger partial charge < -0.3 is 4.90 Å². The third-order valence-corrected chi connectivity index (χ3v) is 5.20. The van der Waals surface area contributed by atoms with Crippen LogP contribution in [0.1, 0.15) is 52.6 Å². The molecule has 3 heterocycles. The summed E-state index contributed by atoms with van der Waals surface area (Å²) in [6.45, 7) is 5.57. The molecule has 0 aromatic carbocycles. The van der Waals surface area contributed by atoms with Gasteiger partial charge in [-0.15, -0.1) is 11.3 Å². The summed E-state index contributed by atoms with van der Waals surface area (Å²) in [6.07, 6.45) is 7.31. The van der Waals surface area contributed by atoms with E-state index in [9.17, 15) is 4.79 Å². The fourth-order valence-corrected chi connectivity index (χ4v) is 4.01. The normalized spacial score (nSPS) is 18.6. The van der Waals surface area contributed by atoms with Crippen LogP contribution in [0.25, 0.3) is 0 Å². The number of aromatic nitrogens is 4. The Morgan fingerprint density at radius 1 is 1.50 bits per heavy atom. The summed E-state index contributed by atoms with van der Waals surface area (Å²) >= 11 is 1.55. The number of carbonyl (C=O) groups is 1. The fraction of sp³-hybridized carbons (Fsp3) is 0.600. The van der Waals surface area contributed by atoms with Gasteiger partial charge in [-0.1, -0.05) is 6.92 Å². The van der Waals surface area contributed by atoms with Gasteiger partial charge in [0.15, 0.2) is 0 Å². The van der Waals surface area contributed by atoms with Gasteiger partial charge in [0.1, 0.15) is 17.5 Å². The Balaban J connectivity index is 1.74. The average Bonchev–Trinajstić information content (AvgIpc) is 3.17. The van der Waals surface area contributed by atoms with Crippen LogP contribution in [0, 0.1) is 6.92 Å². The second-order valence-electron chi connectivity index (χ2n) is 5.69. The molecular formula is C15H21N5OS. The minimum absolute atomic E-state index is 0.113. The molecule has 0 bridgehead atoms. The molecule has 2 aromatic heterocycles. The summed E-state index contributed by atoms with van der Waals surface area (Å²) in [5, 5.41) is 5.27. The molecule has 0 unspecified atom stereocenters. The van der Waals surface area contributed by atoms with Crippen LogP contribution in [0.5, 0.6) is 0 Å². The second-order valence-corrected chi connectivity index (χ2v) is 6.78. The molecule has 1 aliphatic rings. The van der Waals surface area contributed by atoms with Crippen LogP contribution < -0.4 is 0 Å². The van der Waals surface area contributed by atoms with E-state index in [1.165, 1.54) is 0 Å². The van der Waals surface area contributed by atoms with Crippen molar-refractivity contribution in [2.24, 2.45) is 0 Å². The number of rotatable bonds is 4. The number of hydrogen-bond donors (Lipinski definition) is 0. The lowest BCUT2D eigenvalue weighted by Crippen LogP contribution is -2.40. The Hall–Kier alpha value is -1.76. The standard InChI is InChI=1S/C15H21N5OS/c1-3-5-13-18-11(2)14(22-13)15(21)19-7-4-6-12(8-19)20-10-16-9-17-20/h9-10,12H,3-8H2,1-2H3/t12-/m1/s1. The van der Waals surface area contributed by atoms with Crippen molar-refractivity contribution in [1.29, 1.82) is 0 Å². The smallest absolute Gasteiger partial charge is 0.265 e. The van der Waals surface area contributed by atoms with Crippen LogP contribution in [0.2, 0.25) is 0 Å². The van der Waals surface area contributed by atoms with Crippen molar-refractivity contribution < 1.29 is 4.79 Å². The number of piperidine rings is 1. The van der Waals surface area contributed by atoms with Crippen LogP contribution in [0.3, 0.4) is 0 Å². The zero-order chi connectivity index (χ0) is 15.5. The van der Waals surface area contributed by atoms with Crippen molar-refractivity contribution in [1.82, 2.24) is 24.6 Å². The minimum Gasteiger partial charge on any atom is -0.336 e. The maximum absolute atomic E-state index is 12.8. The predicted octanol–water partition coefficient (Wildman–Crippen LogP) is 2.47. The van der Waals surface area contributed by atoms with E-state index in [0.717, 1.165) is 47.8 Å². The predicted molar refractivity (Wildman–Crippen MR) is 85.0 cm³/mol. The highest BCUT2D eigenvalue weighted by molar-refractivity contribution is 7.13. The van der Waals surface area contributed by atoms with E-state index in [1.54, 1.807) is 24.0 Å². The van der Waals surface area contributed by atoms with E-state index in [1.807, 2.05) is 16.5 Å². The first-order valence-corrected chi connectivity index (χ1v) is 8.60. The van der Waals surface area contributed by atoms with E-state index >= 15 is 0 Å². The number of likely N-dealkylation sites (tertiary alicyclic amines) is 1. The number of aryl methyl sites for hydroxylation is 2. The van der Waals surface area contributed by atoms with E-state index in [0.29, 0.717) is 6.54 Å². The molecule has 0 saturated carbocycles. The van der Waals surface area contributed by atoms with E-state index < -0.39 is 0 Å². The Morgan fingerprint density at radius 2 is 2.36 bits per heavy atom. The van der Waals surface area contributed by atoms with Gasteiger partial charge in [-0.3, -0.25) is 4.79 Å². The number of hydrogen-bond acceptors (Lipinski definition) is 5. The van der Waals surface area contributed by atoms with Gasteiger partial charge in [-0.25, -0.2) is 14.6 Å². The highest BCUT2D eigenvalue weighted by Gasteiger charge is 2.28. The molecule has 6 nitrogen and oxygen atoms in total. The Morgan fingerprint density at radius 3 is 3.09 bits per heavy atom. The van der Waals surface area contributed by atoms with Gasteiger partial charge in [-0.2, -0.15) is 5.10 Å². The zero-order valence-electron chi connectivity index (χ0n) is 13.0. The third-order valence-electron chi connectivity index (χ3n) is 3.99. The summed E-state index contributed by atoms with van der Waals surface area (Å²) in [4.78, 5) is 24.1. The molecule has 1 aliphatic heterocycles.